The topological polar surface area (TPSA) is 0 Å². The van der Waals surface area contributed by atoms with E-state index in [1.54, 1.807) is 0 Å². The Hall–Kier alpha value is 0.264. The Labute approximate surface area is 55.7 Å². The van der Waals surface area contributed by atoms with Crippen LogP contribution in [0.2, 0.25) is 0 Å². The van der Waals surface area contributed by atoms with E-state index in [0.29, 0.717) is 0 Å². The summed E-state index contributed by atoms with van der Waals surface area (Å²) in [5, 5.41) is 0. The van der Waals surface area contributed by atoms with Crippen LogP contribution in [-0.4, -0.2) is 0 Å². The standard InChI is InChI=1S/2C2H3.ClH.Ni/c2*1-2;;/h2*1H,2H2;1H;/q2*-1;;+2. The molecule has 6 heavy (non-hydrogen) atoms. The predicted octanol–water partition coefficient (Wildman–Crippen LogP) is 1.63. The molecule has 0 aliphatic heterocycles. The van der Waals surface area contributed by atoms with Crippen molar-refractivity contribution in [3.63, 3.8) is 0 Å². The normalized spacial score (nSPS) is 1.33. The average molecular weight is 149 g/mol. The molecule has 0 saturated carbocycles. The molecule has 2 heteroatoms. The van der Waals surface area contributed by atoms with Crippen molar-refractivity contribution in [2.45, 2.75) is 0 Å². The Morgan fingerprint density at radius 2 is 0.833 bits per heavy atom. The van der Waals surface area contributed by atoms with Gasteiger partial charge in [-0.15, -0.1) is 12.4 Å². The van der Waals surface area contributed by atoms with E-state index in [-0.39, 0.29) is 28.9 Å². The van der Waals surface area contributed by atoms with Crippen LogP contribution in [0.4, 0.5) is 0 Å². The molecule has 0 aromatic rings. The van der Waals surface area contributed by atoms with Gasteiger partial charge in [0, 0.05) is 0 Å². The first kappa shape index (κ1) is 33.9. The first-order chi connectivity index (χ1) is 2.00. The van der Waals surface area contributed by atoms with Gasteiger partial charge in [0.15, 0.2) is 0 Å². The maximum absolute atomic E-state index is 4.25. The summed E-state index contributed by atoms with van der Waals surface area (Å²) in [6, 6.07) is 0. The number of hydrogen-bond acceptors (Lipinski definition) is 0. The third-order valence-corrected chi connectivity index (χ3v) is 0. The van der Waals surface area contributed by atoms with Crippen LogP contribution in [0.5, 0.6) is 0 Å². The Morgan fingerprint density at radius 3 is 0.833 bits per heavy atom. The van der Waals surface area contributed by atoms with Gasteiger partial charge >= 0.3 is 16.5 Å². The average Bonchev–Trinajstić information content (AvgIpc) is 1.50. The summed E-state index contributed by atoms with van der Waals surface area (Å²) < 4.78 is 0. The van der Waals surface area contributed by atoms with Crippen molar-refractivity contribution < 1.29 is 16.5 Å². The number of hydrogen-bond donors (Lipinski definition) is 0. The zero-order valence-corrected chi connectivity index (χ0v) is 5.10. The summed E-state index contributed by atoms with van der Waals surface area (Å²) in [7, 11) is 0. The van der Waals surface area contributed by atoms with Crippen molar-refractivity contribution >= 4 is 12.4 Å². The molecule has 0 amide bonds. The van der Waals surface area contributed by atoms with Gasteiger partial charge in [0.2, 0.25) is 0 Å². The van der Waals surface area contributed by atoms with Crippen LogP contribution in [0.25, 0.3) is 0 Å². The monoisotopic (exact) mass is 148 g/mol. The van der Waals surface area contributed by atoms with Gasteiger partial charge in [0.05, 0.1) is 0 Å². The van der Waals surface area contributed by atoms with Crippen LogP contribution in [-0.2, 0) is 16.5 Å². The maximum atomic E-state index is 4.25. The first-order valence-electron chi connectivity index (χ1n) is 0.816. The van der Waals surface area contributed by atoms with Gasteiger partial charge in [-0.1, -0.05) is 0 Å². The fraction of sp³-hybridized carbons (Fsp3) is 0. The minimum absolute atomic E-state index is 0. The van der Waals surface area contributed by atoms with Crippen molar-refractivity contribution in [3.05, 3.63) is 26.3 Å². The van der Waals surface area contributed by atoms with Gasteiger partial charge in [0.25, 0.3) is 0 Å². The molecule has 0 aliphatic carbocycles. The quantitative estimate of drug-likeness (QED) is 0.363. The van der Waals surface area contributed by atoms with Crippen LogP contribution >= 0.6 is 12.4 Å². The van der Waals surface area contributed by atoms with E-state index >= 15 is 0 Å². The van der Waals surface area contributed by atoms with Crippen molar-refractivity contribution in [2.75, 3.05) is 0 Å². The zero-order valence-electron chi connectivity index (χ0n) is 3.29. The van der Waals surface area contributed by atoms with Gasteiger partial charge < -0.3 is 13.2 Å². The van der Waals surface area contributed by atoms with Gasteiger partial charge in [-0.05, 0) is 0 Å². The Kier molecular flexibility index (Phi) is 7780. The summed E-state index contributed by atoms with van der Waals surface area (Å²) >= 11 is 0. The van der Waals surface area contributed by atoms with E-state index in [9.17, 15) is 0 Å². The first-order valence-corrected chi connectivity index (χ1v) is 0.816. The Balaban J connectivity index is -0.00000000500. The largest absolute Gasteiger partial charge is 2.00 e. The third-order valence-electron chi connectivity index (χ3n) is 0. The molecule has 40 valence electrons. The second-order valence-electron chi connectivity index (χ2n) is 0. The minimum atomic E-state index is 0. The van der Waals surface area contributed by atoms with E-state index in [0.717, 1.165) is 0 Å². The molecule has 0 N–H and O–H groups in total. The van der Waals surface area contributed by atoms with Gasteiger partial charge in [-0.2, -0.15) is 0 Å². The van der Waals surface area contributed by atoms with Gasteiger partial charge in [-0.25, -0.2) is 0 Å². The molecule has 0 rings (SSSR count). The maximum Gasteiger partial charge on any atom is 2.00 e. The molecule has 0 aromatic carbocycles. The van der Waals surface area contributed by atoms with Crippen LogP contribution in [0.3, 0.4) is 0 Å². The molecule has 0 bridgehead atoms. The molecule has 0 spiro atoms. The second-order valence-corrected chi connectivity index (χ2v) is 0. The zero-order chi connectivity index (χ0) is 4.00. The van der Waals surface area contributed by atoms with Crippen molar-refractivity contribution in [1.82, 2.24) is 0 Å². The SMILES string of the molecule is Cl.[CH-]=C.[CH-]=C.[Ni+2]. The predicted molar refractivity (Wildman–Crippen MR) is 27.1 cm³/mol. The second kappa shape index (κ2) is 1380. The van der Waals surface area contributed by atoms with Crippen LogP contribution < -0.4 is 0 Å². The third kappa shape index (κ3) is 654. The fourth-order valence-electron chi connectivity index (χ4n) is 0. The number of rotatable bonds is 0. The molecule has 0 aliphatic rings. The Morgan fingerprint density at radius 1 is 0.833 bits per heavy atom. The van der Waals surface area contributed by atoms with Crippen molar-refractivity contribution in [3.8, 4) is 0 Å². The van der Waals surface area contributed by atoms with E-state index in [1.165, 1.54) is 0 Å². The summed E-state index contributed by atoms with van der Waals surface area (Å²) in [4.78, 5) is 0. The van der Waals surface area contributed by atoms with Crippen LogP contribution in [0, 0.1) is 13.2 Å². The molecule has 0 radical (unpaired) electrons. The molecular formula is C4H7ClNi. The van der Waals surface area contributed by atoms with Gasteiger partial charge in [-0.3, -0.25) is 13.2 Å². The smallest absolute Gasteiger partial charge is 0.521 e. The van der Waals surface area contributed by atoms with Gasteiger partial charge in [0.1, 0.15) is 0 Å². The van der Waals surface area contributed by atoms with E-state index < -0.39 is 0 Å². The molecule has 0 heterocycles. The fourth-order valence-corrected chi connectivity index (χ4v) is 0. The van der Waals surface area contributed by atoms with E-state index in [1.807, 2.05) is 0 Å². The minimum Gasteiger partial charge on any atom is -0.521 e. The van der Waals surface area contributed by atoms with Crippen molar-refractivity contribution in [2.24, 2.45) is 0 Å². The Bertz CT molecular complexity index is 9.51. The summed E-state index contributed by atoms with van der Waals surface area (Å²) in [6.45, 7) is 14.0. The van der Waals surface area contributed by atoms with E-state index in [4.69, 9.17) is 0 Å². The molecule has 0 saturated heterocycles. The summed E-state index contributed by atoms with van der Waals surface area (Å²) in [5.41, 5.74) is 0. The molecule has 0 aromatic heterocycles. The number of halogens is 1. The van der Waals surface area contributed by atoms with E-state index in [2.05, 4.69) is 26.3 Å². The molecular weight excluding hydrogens is 142 g/mol. The van der Waals surface area contributed by atoms with Crippen LogP contribution in [0.1, 0.15) is 0 Å². The van der Waals surface area contributed by atoms with Crippen molar-refractivity contribution in [1.29, 1.82) is 0 Å². The molecule has 0 atom stereocenters. The molecule has 0 nitrogen and oxygen atoms in total. The summed E-state index contributed by atoms with van der Waals surface area (Å²) in [5.74, 6) is 0. The summed E-state index contributed by atoms with van der Waals surface area (Å²) in [6.07, 6.45) is 0. The molecule has 0 unspecified atom stereocenters. The van der Waals surface area contributed by atoms with Crippen LogP contribution in [0.15, 0.2) is 13.2 Å². The molecule has 0 fully saturated rings.